The van der Waals surface area contributed by atoms with Crippen molar-refractivity contribution in [2.45, 2.75) is 39.4 Å². The first-order valence-corrected chi connectivity index (χ1v) is 9.47. The Bertz CT molecular complexity index is 742. The van der Waals surface area contributed by atoms with Crippen molar-refractivity contribution in [3.63, 3.8) is 0 Å². The third kappa shape index (κ3) is 5.93. The highest BCUT2D eigenvalue weighted by atomic mass is 127. The van der Waals surface area contributed by atoms with Crippen LogP contribution in [-0.4, -0.2) is 46.3 Å². The lowest BCUT2D eigenvalue weighted by Gasteiger charge is -2.34. The minimum Gasteiger partial charge on any atom is -0.357 e. The molecule has 0 radical (unpaired) electrons. The van der Waals surface area contributed by atoms with Crippen molar-refractivity contribution in [3.8, 4) is 0 Å². The average molecular weight is 482 g/mol. The van der Waals surface area contributed by atoms with Gasteiger partial charge in [0.2, 0.25) is 0 Å². The van der Waals surface area contributed by atoms with Crippen LogP contribution in [0.4, 0.5) is 0 Å². The molecule has 2 heterocycles. The Balaban J connectivity index is 0.00000261. The summed E-state index contributed by atoms with van der Waals surface area (Å²) in [5.41, 5.74) is 4.06. The summed E-state index contributed by atoms with van der Waals surface area (Å²) in [6, 6.07) is 11.2. The summed E-state index contributed by atoms with van der Waals surface area (Å²) < 4.78 is 1.86. The molecule has 1 aromatic heterocycles. The highest BCUT2D eigenvalue weighted by Gasteiger charge is 2.20. The number of aryl methyl sites for hydroxylation is 1. The van der Waals surface area contributed by atoms with Crippen LogP contribution in [0.1, 0.15) is 30.7 Å². The lowest BCUT2D eigenvalue weighted by Crippen LogP contribution is -2.47. The summed E-state index contributed by atoms with van der Waals surface area (Å²) in [6.07, 6.45) is 2.94. The Kier molecular flexibility index (Phi) is 8.56. The van der Waals surface area contributed by atoms with E-state index in [9.17, 15) is 0 Å². The number of guanidine groups is 1. The molecule has 6 nitrogen and oxygen atoms in total. The van der Waals surface area contributed by atoms with Crippen molar-refractivity contribution >= 4 is 29.9 Å². The predicted molar refractivity (Wildman–Crippen MR) is 121 cm³/mol. The molecule has 2 N–H and O–H groups in total. The van der Waals surface area contributed by atoms with Crippen LogP contribution in [0.25, 0.3) is 0 Å². The number of aliphatic imine (C=N–C) groups is 1. The standard InChI is InChI=1S/C20H30N6.HI/c1-4-21-20(23-14-19-9-11-24-25(19)3)22-13-16(2)26-12-10-17-7-5-6-8-18(17)15-26;/h5-9,11,16H,4,10,12-15H2,1-3H3,(H2,21,22,23);1H. The van der Waals surface area contributed by atoms with Crippen LogP contribution in [0.2, 0.25) is 0 Å². The summed E-state index contributed by atoms with van der Waals surface area (Å²) in [4.78, 5) is 7.23. The Labute approximate surface area is 179 Å². The number of hydrogen-bond donors (Lipinski definition) is 2. The maximum absolute atomic E-state index is 4.68. The quantitative estimate of drug-likeness (QED) is 0.378. The van der Waals surface area contributed by atoms with E-state index in [1.54, 1.807) is 0 Å². The number of fused-ring (bicyclic) bond motifs is 1. The first kappa shape index (κ1) is 21.7. The van der Waals surface area contributed by atoms with Gasteiger partial charge in [-0.3, -0.25) is 9.58 Å². The topological polar surface area (TPSA) is 57.5 Å². The molecule has 1 aliphatic heterocycles. The van der Waals surface area contributed by atoms with Gasteiger partial charge in [0.05, 0.1) is 12.2 Å². The lowest BCUT2D eigenvalue weighted by atomic mass is 9.99. The van der Waals surface area contributed by atoms with Crippen LogP contribution < -0.4 is 10.6 Å². The Morgan fingerprint density at radius 3 is 2.70 bits per heavy atom. The van der Waals surface area contributed by atoms with Crippen LogP contribution in [0.3, 0.4) is 0 Å². The van der Waals surface area contributed by atoms with Gasteiger partial charge in [0.25, 0.3) is 0 Å². The second kappa shape index (κ2) is 10.7. The molecule has 1 unspecified atom stereocenters. The Morgan fingerprint density at radius 1 is 1.22 bits per heavy atom. The number of rotatable bonds is 6. The average Bonchev–Trinajstić information content (AvgIpc) is 3.08. The molecule has 0 amide bonds. The molecule has 1 aromatic carbocycles. The zero-order chi connectivity index (χ0) is 18.4. The molecule has 2 aromatic rings. The van der Waals surface area contributed by atoms with Crippen molar-refractivity contribution in [2.75, 3.05) is 19.6 Å². The first-order chi connectivity index (χ1) is 12.7. The van der Waals surface area contributed by atoms with E-state index in [-0.39, 0.29) is 24.0 Å². The molecule has 27 heavy (non-hydrogen) atoms. The van der Waals surface area contributed by atoms with Gasteiger partial charge in [0.1, 0.15) is 0 Å². The second-order valence-electron chi connectivity index (χ2n) is 6.86. The van der Waals surface area contributed by atoms with Crippen LogP contribution >= 0.6 is 24.0 Å². The van der Waals surface area contributed by atoms with Crippen molar-refractivity contribution in [1.29, 1.82) is 0 Å². The van der Waals surface area contributed by atoms with E-state index in [0.29, 0.717) is 12.6 Å². The van der Waals surface area contributed by atoms with Crippen molar-refractivity contribution in [1.82, 2.24) is 25.3 Å². The number of nitrogens with zero attached hydrogens (tertiary/aromatic N) is 4. The minimum atomic E-state index is 0. The summed E-state index contributed by atoms with van der Waals surface area (Å²) in [6.45, 7) is 8.86. The number of hydrogen-bond acceptors (Lipinski definition) is 3. The Morgan fingerprint density at radius 2 is 2.00 bits per heavy atom. The maximum atomic E-state index is 4.68. The normalized spacial score (nSPS) is 15.6. The van der Waals surface area contributed by atoms with Gasteiger partial charge in [-0.2, -0.15) is 5.10 Å². The van der Waals surface area contributed by atoms with E-state index in [2.05, 4.69) is 63.7 Å². The van der Waals surface area contributed by atoms with E-state index in [1.165, 1.54) is 11.1 Å². The van der Waals surface area contributed by atoms with E-state index in [4.69, 9.17) is 0 Å². The van der Waals surface area contributed by atoms with Crippen LogP contribution in [0.5, 0.6) is 0 Å². The summed E-state index contributed by atoms with van der Waals surface area (Å²) >= 11 is 0. The summed E-state index contributed by atoms with van der Waals surface area (Å²) in [7, 11) is 1.95. The van der Waals surface area contributed by atoms with Gasteiger partial charge in [0.15, 0.2) is 5.96 Å². The molecule has 0 fully saturated rings. The number of halogens is 1. The highest BCUT2D eigenvalue weighted by Crippen LogP contribution is 2.19. The van der Waals surface area contributed by atoms with Crippen LogP contribution in [0.15, 0.2) is 41.5 Å². The van der Waals surface area contributed by atoms with Gasteiger partial charge >= 0.3 is 0 Å². The van der Waals surface area contributed by atoms with E-state index < -0.39 is 0 Å². The van der Waals surface area contributed by atoms with Crippen LogP contribution in [0, 0.1) is 0 Å². The first-order valence-electron chi connectivity index (χ1n) is 9.47. The minimum absolute atomic E-state index is 0. The molecular formula is C20H31IN6. The lowest BCUT2D eigenvalue weighted by molar-refractivity contribution is 0.191. The third-order valence-electron chi connectivity index (χ3n) is 5.01. The fourth-order valence-electron chi connectivity index (χ4n) is 3.33. The zero-order valence-electron chi connectivity index (χ0n) is 16.5. The number of nitrogens with one attached hydrogen (secondary N) is 2. The monoisotopic (exact) mass is 482 g/mol. The molecule has 148 valence electrons. The van der Waals surface area contributed by atoms with Gasteiger partial charge in [-0.05, 0) is 37.5 Å². The molecule has 0 saturated carbocycles. The highest BCUT2D eigenvalue weighted by molar-refractivity contribution is 14.0. The van der Waals surface area contributed by atoms with Crippen LogP contribution in [-0.2, 0) is 26.6 Å². The molecular weight excluding hydrogens is 451 g/mol. The summed E-state index contributed by atoms with van der Waals surface area (Å²) in [5, 5.41) is 11.0. The van der Waals surface area contributed by atoms with E-state index in [1.807, 2.05) is 24.0 Å². The van der Waals surface area contributed by atoms with E-state index in [0.717, 1.165) is 44.3 Å². The number of aromatic nitrogens is 2. The van der Waals surface area contributed by atoms with Gasteiger partial charge in [0, 0.05) is 45.5 Å². The smallest absolute Gasteiger partial charge is 0.191 e. The predicted octanol–water partition coefficient (Wildman–Crippen LogP) is 2.54. The second-order valence-corrected chi connectivity index (χ2v) is 6.86. The van der Waals surface area contributed by atoms with Gasteiger partial charge in [-0.15, -0.1) is 24.0 Å². The molecule has 1 atom stereocenters. The van der Waals surface area contributed by atoms with Crippen molar-refractivity contribution in [3.05, 3.63) is 53.3 Å². The fraction of sp³-hybridized carbons (Fsp3) is 0.500. The van der Waals surface area contributed by atoms with E-state index >= 15 is 0 Å². The molecule has 7 heteroatoms. The molecule has 0 bridgehead atoms. The van der Waals surface area contributed by atoms with Gasteiger partial charge in [-0.25, -0.2) is 4.99 Å². The largest absolute Gasteiger partial charge is 0.357 e. The molecule has 1 aliphatic rings. The number of benzene rings is 1. The fourth-order valence-corrected chi connectivity index (χ4v) is 3.33. The third-order valence-corrected chi connectivity index (χ3v) is 5.01. The van der Waals surface area contributed by atoms with Crippen molar-refractivity contribution in [2.24, 2.45) is 12.0 Å². The molecule has 0 spiro atoms. The van der Waals surface area contributed by atoms with Gasteiger partial charge in [-0.1, -0.05) is 24.3 Å². The maximum Gasteiger partial charge on any atom is 0.191 e. The molecule has 0 saturated heterocycles. The van der Waals surface area contributed by atoms with Crippen molar-refractivity contribution < 1.29 is 0 Å². The summed E-state index contributed by atoms with van der Waals surface area (Å²) in [5.74, 6) is 0.859. The Hall–Kier alpha value is -1.61. The molecule has 0 aliphatic carbocycles. The zero-order valence-corrected chi connectivity index (χ0v) is 18.8. The van der Waals surface area contributed by atoms with Gasteiger partial charge < -0.3 is 10.6 Å². The molecule has 3 rings (SSSR count). The SMILES string of the molecule is CCNC(=NCc1ccnn1C)NCC(C)N1CCc2ccccc2C1.I.